The number of hydrogen-bond acceptors (Lipinski definition) is 4. The van der Waals surface area contributed by atoms with Crippen LogP contribution in [-0.4, -0.2) is 55.3 Å². The van der Waals surface area contributed by atoms with E-state index in [1.165, 1.54) is 0 Å². The summed E-state index contributed by atoms with van der Waals surface area (Å²) < 4.78 is 13.1. The highest BCUT2D eigenvalue weighted by Gasteiger charge is 2.15. The summed E-state index contributed by atoms with van der Waals surface area (Å²) in [6, 6.07) is 10.2. The van der Waals surface area contributed by atoms with Crippen molar-refractivity contribution in [3.05, 3.63) is 47.3 Å². The second-order valence-corrected chi connectivity index (χ2v) is 7.68. The quantitative estimate of drug-likeness (QED) is 0.208. The van der Waals surface area contributed by atoms with E-state index in [-0.39, 0.29) is 24.0 Å². The van der Waals surface area contributed by atoms with Gasteiger partial charge in [-0.15, -0.1) is 24.0 Å². The number of benzene rings is 1. The van der Waals surface area contributed by atoms with Gasteiger partial charge in [-0.05, 0) is 45.7 Å². The van der Waals surface area contributed by atoms with E-state index in [4.69, 9.17) is 19.6 Å². The number of rotatable bonds is 10. The molecule has 1 unspecified atom stereocenters. The maximum atomic E-state index is 5.77. The highest BCUT2D eigenvalue weighted by atomic mass is 127. The Bertz CT molecular complexity index is 804. The number of aliphatic imine (C=N–C) groups is 1. The molecular formula is C23H36IN5O2. The molecule has 1 fully saturated rings. The van der Waals surface area contributed by atoms with Gasteiger partial charge in [0, 0.05) is 43.5 Å². The summed E-state index contributed by atoms with van der Waals surface area (Å²) in [5.74, 6) is 1.40. The summed E-state index contributed by atoms with van der Waals surface area (Å²) in [6.07, 6.45) is 2.07. The van der Waals surface area contributed by atoms with Crippen LogP contribution in [0.4, 0.5) is 0 Å². The van der Waals surface area contributed by atoms with Crippen molar-refractivity contribution in [3.8, 4) is 5.69 Å². The fourth-order valence-electron chi connectivity index (χ4n) is 3.57. The van der Waals surface area contributed by atoms with E-state index in [1.807, 2.05) is 29.8 Å². The molecule has 31 heavy (non-hydrogen) atoms. The Hall–Kier alpha value is -1.65. The fraction of sp³-hybridized carbons (Fsp3) is 0.565. The van der Waals surface area contributed by atoms with Gasteiger partial charge in [0.15, 0.2) is 5.96 Å². The lowest BCUT2D eigenvalue weighted by Crippen LogP contribution is -2.38. The van der Waals surface area contributed by atoms with Crippen LogP contribution < -0.4 is 10.6 Å². The van der Waals surface area contributed by atoms with Crippen molar-refractivity contribution in [1.82, 2.24) is 20.4 Å². The minimum absolute atomic E-state index is 0. The largest absolute Gasteiger partial charge is 0.381 e. The maximum Gasteiger partial charge on any atom is 0.191 e. The van der Waals surface area contributed by atoms with Gasteiger partial charge in [-0.1, -0.05) is 18.2 Å². The first-order valence-corrected chi connectivity index (χ1v) is 11.0. The van der Waals surface area contributed by atoms with Crippen molar-refractivity contribution in [2.45, 2.75) is 40.2 Å². The lowest BCUT2D eigenvalue weighted by molar-refractivity contribution is 0.0888. The molecule has 0 saturated carbocycles. The van der Waals surface area contributed by atoms with Gasteiger partial charge in [0.05, 0.1) is 31.1 Å². The van der Waals surface area contributed by atoms with Crippen LogP contribution in [0.15, 0.2) is 35.3 Å². The van der Waals surface area contributed by atoms with Crippen LogP contribution in [0, 0.1) is 19.8 Å². The Balaban J connectivity index is 0.00000341. The second kappa shape index (κ2) is 13.7. The van der Waals surface area contributed by atoms with E-state index >= 15 is 0 Å². The van der Waals surface area contributed by atoms with Crippen molar-refractivity contribution in [1.29, 1.82) is 0 Å². The standard InChI is InChI=1S/C23H35N5O2.HI/c1-4-24-23(25-12-8-13-29-16-20-11-14-30-17-20)26-15-22-18(2)27-28(19(22)3)21-9-6-5-7-10-21;/h5-7,9-10,20H,4,8,11-17H2,1-3H3,(H2,24,25,26);1H. The van der Waals surface area contributed by atoms with E-state index in [0.29, 0.717) is 12.5 Å². The zero-order valence-corrected chi connectivity index (χ0v) is 21.2. The third-order valence-electron chi connectivity index (χ3n) is 5.32. The lowest BCUT2D eigenvalue weighted by Gasteiger charge is -2.12. The summed E-state index contributed by atoms with van der Waals surface area (Å²) in [5.41, 5.74) is 4.38. The first-order valence-electron chi connectivity index (χ1n) is 11.0. The molecule has 2 heterocycles. The molecule has 7 nitrogen and oxygen atoms in total. The van der Waals surface area contributed by atoms with Gasteiger partial charge in [0.2, 0.25) is 0 Å². The average Bonchev–Trinajstić information content (AvgIpc) is 3.37. The van der Waals surface area contributed by atoms with Crippen LogP contribution >= 0.6 is 24.0 Å². The normalized spacial score (nSPS) is 16.2. The van der Waals surface area contributed by atoms with Gasteiger partial charge in [-0.3, -0.25) is 0 Å². The van der Waals surface area contributed by atoms with Gasteiger partial charge >= 0.3 is 0 Å². The molecule has 1 atom stereocenters. The Morgan fingerprint density at radius 2 is 2.06 bits per heavy atom. The highest BCUT2D eigenvalue weighted by Crippen LogP contribution is 2.18. The smallest absolute Gasteiger partial charge is 0.191 e. The average molecular weight is 541 g/mol. The molecule has 0 spiro atoms. The molecule has 1 aliphatic rings. The number of ether oxygens (including phenoxy) is 2. The van der Waals surface area contributed by atoms with Crippen LogP contribution in [0.1, 0.15) is 36.7 Å². The van der Waals surface area contributed by atoms with E-state index in [0.717, 1.165) is 81.0 Å². The van der Waals surface area contributed by atoms with Crippen molar-refractivity contribution < 1.29 is 9.47 Å². The number of aryl methyl sites for hydroxylation is 1. The van der Waals surface area contributed by atoms with E-state index in [2.05, 4.69) is 36.6 Å². The van der Waals surface area contributed by atoms with Gasteiger partial charge in [0.25, 0.3) is 0 Å². The summed E-state index contributed by atoms with van der Waals surface area (Å²) >= 11 is 0. The number of guanidine groups is 1. The fourth-order valence-corrected chi connectivity index (χ4v) is 3.57. The first kappa shape index (κ1) is 25.6. The number of nitrogens with zero attached hydrogens (tertiary/aromatic N) is 3. The molecule has 2 aromatic rings. The Morgan fingerprint density at radius 3 is 2.77 bits per heavy atom. The second-order valence-electron chi connectivity index (χ2n) is 7.68. The van der Waals surface area contributed by atoms with Gasteiger partial charge in [-0.2, -0.15) is 5.10 Å². The van der Waals surface area contributed by atoms with Crippen LogP contribution in [0.5, 0.6) is 0 Å². The van der Waals surface area contributed by atoms with Gasteiger partial charge in [0.1, 0.15) is 0 Å². The summed E-state index contributed by atoms with van der Waals surface area (Å²) in [7, 11) is 0. The minimum Gasteiger partial charge on any atom is -0.381 e. The highest BCUT2D eigenvalue weighted by molar-refractivity contribution is 14.0. The summed E-state index contributed by atoms with van der Waals surface area (Å²) in [6.45, 7) is 11.8. The Morgan fingerprint density at radius 1 is 1.26 bits per heavy atom. The predicted molar refractivity (Wildman–Crippen MR) is 136 cm³/mol. The molecule has 0 aliphatic carbocycles. The zero-order valence-electron chi connectivity index (χ0n) is 18.9. The molecule has 1 aromatic heterocycles. The molecule has 1 saturated heterocycles. The Kier molecular flexibility index (Phi) is 11.3. The zero-order chi connectivity index (χ0) is 21.2. The van der Waals surface area contributed by atoms with Crippen molar-refractivity contribution >= 4 is 29.9 Å². The molecular weight excluding hydrogens is 505 g/mol. The van der Waals surface area contributed by atoms with Crippen molar-refractivity contribution in [2.24, 2.45) is 10.9 Å². The molecule has 2 N–H and O–H groups in total. The molecule has 0 bridgehead atoms. The van der Waals surface area contributed by atoms with Crippen LogP contribution in [-0.2, 0) is 16.0 Å². The third-order valence-corrected chi connectivity index (χ3v) is 5.32. The van der Waals surface area contributed by atoms with Crippen molar-refractivity contribution in [2.75, 3.05) is 39.5 Å². The van der Waals surface area contributed by atoms with Crippen LogP contribution in [0.2, 0.25) is 0 Å². The monoisotopic (exact) mass is 541 g/mol. The molecule has 0 radical (unpaired) electrons. The van der Waals surface area contributed by atoms with Gasteiger partial charge in [-0.25, -0.2) is 9.67 Å². The minimum atomic E-state index is 0. The Labute approximate surface area is 203 Å². The van der Waals surface area contributed by atoms with Crippen LogP contribution in [0.25, 0.3) is 5.69 Å². The summed E-state index contributed by atoms with van der Waals surface area (Å²) in [4.78, 5) is 4.78. The van der Waals surface area contributed by atoms with Crippen molar-refractivity contribution in [3.63, 3.8) is 0 Å². The van der Waals surface area contributed by atoms with E-state index < -0.39 is 0 Å². The van der Waals surface area contributed by atoms with E-state index in [1.54, 1.807) is 0 Å². The lowest BCUT2D eigenvalue weighted by atomic mass is 10.1. The number of hydrogen-bond donors (Lipinski definition) is 2. The third kappa shape index (κ3) is 7.76. The molecule has 1 aromatic carbocycles. The summed E-state index contributed by atoms with van der Waals surface area (Å²) in [5, 5.41) is 11.4. The molecule has 8 heteroatoms. The maximum absolute atomic E-state index is 5.77. The number of nitrogens with one attached hydrogen (secondary N) is 2. The topological polar surface area (TPSA) is 72.7 Å². The molecule has 1 aliphatic heterocycles. The first-order chi connectivity index (χ1) is 14.7. The van der Waals surface area contributed by atoms with E-state index in [9.17, 15) is 0 Å². The number of para-hydroxylation sites is 1. The predicted octanol–water partition coefficient (Wildman–Crippen LogP) is 3.61. The number of aromatic nitrogens is 2. The SMILES string of the molecule is CCNC(=NCc1c(C)nn(-c2ccccc2)c1C)NCCCOCC1CCOC1.I. The van der Waals surface area contributed by atoms with Gasteiger partial charge < -0.3 is 20.1 Å². The molecule has 3 rings (SSSR count). The molecule has 0 amide bonds. The molecule has 172 valence electrons. The number of halogens is 1. The van der Waals surface area contributed by atoms with Crippen LogP contribution in [0.3, 0.4) is 0 Å².